The molecule has 0 aliphatic heterocycles. The van der Waals surface area contributed by atoms with Gasteiger partial charge >= 0.3 is 0 Å². The minimum Gasteiger partial charge on any atom is -0.496 e. The zero-order chi connectivity index (χ0) is 14.6. The van der Waals surface area contributed by atoms with Crippen LogP contribution in [-0.4, -0.2) is 25.1 Å². The van der Waals surface area contributed by atoms with Gasteiger partial charge in [-0.25, -0.2) is 0 Å². The van der Waals surface area contributed by atoms with Crippen LogP contribution in [0.5, 0.6) is 5.75 Å². The highest BCUT2D eigenvalue weighted by atomic mass is 16.5. The molecule has 19 heavy (non-hydrogen) atoms. The van der Waals surface area contributed by atoms with Crippen molar-refractivity contribution in [3.05, 3.63) is 28.8 Å². The van der Waals surface area contributed by atoms with E-state index in [0.717, 1.165) is 12.3 Å². The molecule has 1 atom stereocenters. The first-order valence-electron chi connectivity index (χ1n) is 6.68. The van der Waals surface area contributed by atoms with Gasteiger partial charge in [0.15, 0.2) is 0 Å². The van der Waals surface area contributed by atoms with Gasteiger partial charge in [-0.3, -0.25) is 4.90 Å². The van der Waals surface area contributed by atoms with Crippen molar-refractivity contribution in [2.75, 3.05) is 14.2 Å². The molecular weight excluding hydrogens is 236 g/mol. The van der Waals surface area contributed by atoms with E-state index >= 15 is 0 Å². The molecule has 0 aromatic heterocycles. The van der Waals surface area contributed by atoms with Crippen molar-refractivity contribution in [3.8, 4) is 11.8 Å². The van der Waals surface area contributed by atoms with Crippen LogP contribution in [0.1, 0.15) is 43.4 Å². The molecule has 0 saturated heterocycles. The minimum atomic E-state index is -0.0796. The summed E-state index contributed by atoms with van der Waals surface area (Å²) in [4.78, 5) is 2.05. The van der Waals surface area contributed by atoms with E-state index < -0.39 is 0 Å². The number of aryl methyl sites for hydroxylation is 1. The van der Waals surface area contributed by atoms with E-state index in [9.17, 15) is 0 Å². The van der Waals surface area contributed by atoms with E-state index in [4.69, 9.17) is 10.00 Å². The molecule has 0 spiro atoms. The van der Waals surface area contributed by atoms with Crippen LogP contribution in [0.4, 0.5) is 0 Å². The Bertz CT molecular complexity index is 474. The third kappa shape index (κ3) is 3.71. The highest BCUT2D eigenvalue weighted by Gasteiger charge is 2.14. The molecule has 0 N–H and O–H groups in total. The summed E-state index contributed by atoms with van der Waals surface area (Å²) in [5.41, 5.74) is 3.69. The largest absolute Gasteiger partial charge is 0.496 e. The number of rotatable bonds is 5. The summed E-state index contributed by atoms with van der Waals surface area (Å²) < 4.78 is 5.45. The lowest BCUT2D eigenvalue weighted by molar-refractivity contribution is 0.293. The maximum absolute atomic E-state index is 8.97. The zero-order valence-corrected chi connectivity index (χ0v) is 12.8. The van der Waals surface area contributed by atoms with Crippen molar-refractivity contribution in [1.82, 2.24) is 4.90 Å². The van der Waals surface area contributed by atoms with Gasteiger partial charge in [0, 0.05) is 6.54 Å². The number of hydrogen-bond acceptors (Lipinski definition) is 3. The van der Waals surface area contributed by atoms with E-state index in [2.05, 4.69) is 43.9 Å². The van der Waals surface area contributed by atoms with Gasteiger partial charge in [0.2, 0.25) is 0 Å². The zero-order valence-electron chi connectivity index (χ0n) is 12.8. The van der Waals surface area contributed by atoms with Crippen molar-refractivity contribution in [1.29, 1.82) is 5.26 Å². The summed E-state index contributed by atoms with van der Waals surface area (Å²) in [5.74, 6) is 1.38. The lowest BCUT2D eigenvalue weighted by Crippen LogP contribution is -2.27. The molecule has 0 amide bonds. The van der Waals surface area contributed by atoms with E-state index in [1.807, 2.05) is 14.0 Å². The van der Waals surface area contributed by atoms with Gasteiger partial charge in [-0.1, -0.05) is 19.9 Å². The minimum absolute atomic E-state index is 0.0796. The molecule has 1 aromatic rings. The van der Waals surface area contributed by atoms with Crippen LogP contribution in [-0.2, 0) is 6.54 Å². The number of benzene rings is 1. The van der Waals surface area contributed by atoms with Gasteiger partial charge < -0.3 is 4.74 Å². The van der Waals surface area contributed by atoms with Gasteiger partial charge in [0.05, 0.1) is 19.2 Å². The molecule has 0 radical (unpaired) electrons. The Morgan fingerprint density at radius 2 is 1.95 bits per heavy atom. The Morgan fingerprint density at radius 3 is 2.42 bits per heavy atom. The first-order chi connectivity index (χ1) is 8.90. The number of methoxy groups -OCH3 is 1. The van der Waals surface area contributed by atoms with Crippen LogP contribution >= 0.6 is 0 Å². The third-order valence-corrected chi connectivity index (χ3v) is 3.58. The fourth-order valence-corrected chi connectivity index (χ4v) is 2.05. The van der Waals surface area contributed by atoms with Crippen molar-refractivity contribution in [2.24, 2.45) is 0 Å². The molecule has 0 fully saturated rings. The molecule has 0 aliphatic rings. The van der Waals surface area contributed by atoms with Crippen LogP contribution < -0.4 is 4.74 Å². The predicted molar refractivity (Wildman–Crippen MR) is 78.4 cm³/mol. The Hall–Kier alpha value is -1.53. The summed E-state index contributed by atoms with van der Waals surface area (Å²) in [5, 5.41) is 8.97. The molecule has 1 unspecified atom stereocenters. The second kappa shape index (κ2) is 6.58. The molecule has 0 saturated carbocycles. The van der Waals surface area contributed by atoms with Gasteiger partial charge in [-0.05, 0) is 49.6 Å². The van der Waals surface area contributed by atoms with Gasteiger partial charge in [0.1, 0.15) is 5.75 Å². The average Bonchev–Trinajstić information content (AvgIpc) is 2.38. The molecule has 0 bridgehead atoms. The third-order valence-electron chi connectivity index (χ3n) is 3.58. The summed E-state index contributed by atoms with van der Waals surface area (Å²) in [6, 6.07) is 6.49. The molecule has 0 aliphatic carbocycles. The van der Waals surface area contributed by atoms with Crippen molar-refractivity contribution >= 4 is 0 Å². The molecule has 1 rings (SSSR count). The monoisotopic (exact) mass is 260 g/mol. The normalized spacial score (nSPS) is 12.6. The van der Waals surface area contributed by atoms with Gasteiger partial charge in [-0.15, -0.1) is 0 Å². The lowest BCUT2D eigenvalue weighted by atomic mass is 9.96. The van der Waals surface area contributed by atoms with Gasteiger partial charge in [-0.2, -0.15) is 5.26 Å². The number of nitrogens with zero attached hydrogens (tertiary/aromatic N) is 2. The standard InChI is InChI=1S/C16H24N2O/c1-11(2)15-8-14(10-18(5)13(4)9-17)12(3)7-16(15)19-6/h7-8,11,13H,10H2,1-6H3. The van der Waals surface area contributed by atoms with Crippen molar-refractivity contribution < 1.29 is 4.74 Å². The van der Waals surface area contributed by atoms with E-state index in [1.165, 1.54) is 16.7 Å². The molecule has 3 heteroatoms. The van der Waals surface area contributed by atoms with Crippen molar-refractivity contribution in [2.45, 2.75) is 46.2 Å². The van der Waals surface area contributed by atoms with E-state index in [1.54, 1.807) is 7.11 Å². The second-order valence-electron chi connectivity index (χ2n) is 5.40. The first kappa shape index (κ1) is 15.5. The lowest BCUT2D eigenvalue weighted by Gasteiger charge is -2.22. The van der Waals surface area contributed by atoms with Crippen LogP contribution in [0.2, 0.25) is 0 Å². The van der Waals surface area contributed by atoms with Crippen LogP contribution in [0.3, 0.4) is 0 Å². The van der Waals surface area contributed by atoms with Crippen LogP contribution in [0.15, 0.2) is 12.1 Å². The Kier molecular flexibility index (Phi) is 5.38. The number of nitriles is 1. The Morgan fingerprint density at radius 1 is 1.32 bits per heavy atom. The van der Waals surface area contributed by atoms with Crippen LogP contribution in [0, 0.1) is 18.3 Å². The molecule has 104 valence electrons. The maximum Gasteiger partial charge on any atom is 0.122 e. The number of hydrogen-bond donors (Lipinski definition) is 0. The van der Waals surface area contributed by atoms with E-state index in [0.29, 0.717) is 5.92 Å². The predicted octanol–water partition coefficient (Wildman–Crippen LogP) is 3.47. The molecule has 1 aromatic carbocycles. The highest BCUT2D eigenvalue weighted by Crippen LogP contribution is 2.30. The Labute approximate surface area is 116 Å². The van der Waals surface area contributed by atoms with Crippen molar-refractivity contribution in [3.63, 3.8) is 0 Å². The molecule has 3 nitrogen and oxygen atoms in total. The molecular formula is C16H24N2O. The number of ether oxygens (including phenoxy) is 1. The molecule has 0 heterocycles. The summed E-state index contributed by atoms with van der Waals surface area (Å²) in [7, 11) is 3.69. The summed E-state index contributed by atoms with van der Waals surface area (Å²) >= 11 is 0. The summed E-state index contributed by atoms with van der Waals surface area (Å²) in [6.07, 6.45) is 0. The second-order valence-corrected chi connectivity index (χ2v) is 5.40. The summed E-state index contributed by atoms with van der Waals surface area (Å²) in [6.45, 7) is 9.12. The average molecular weight is 260 g/mol. The van der Waals surface area contributed by atoms with Crippen LogP contribution in [0.25, 0.3) is 0 Å². The fourth-order valence-electron chi connectivity index (χ4n) is 2.05. The quantitative estimate of drug-likeness (QED) is 0.813. The first-order valence-corrected chi connectivity index (χ1v) is 6.68. The fraction of sp³-hybridized carbons (Fsp3) is 0.562. The smallest absolute Gasteiger partial charge is 0.122 e. The SMILES string of the molecule is COc1cc(C)c(CN(C)C(C)C#N)cc1C(C)C. The Balaban J connectivity index is 3.09. The van der Waals surface area contributed by atoms with E-state index in [-0.39, 0.29) is 6.04 Å². The topological polar surface area (TPSA) is 36.3 Å². The highest BCUT2D eigenvalue weighted by molar-refractivity contribution is 5.43. The maximum atomic E-state index is 8.97. The van der Waals surface area contributed by atoms with Gasteiger partial charge in [0.25, 0.3) is 0 Å².